The van der Waals surface area contributed by atoms with Crippen LogP contribution in [0.5, 0.6) is 0 Å². The lowest BCUT2D eigenvalue weighted by Crippen LogP contribution is -2.33. The molecule has 0 aromatic heterocycles. The lowest BCUT2D eigenvalue weighted by atomic mass is 10.1. The van der Waals surface area contributed by atoms with E-state index in [-0.39, 0.29) is 18.9 Å². The number of nitrogens with zero attached hydrogens (tertiary/aromatic N) is 1. The van der Waals surface area contributed by atoms with Gasteiger partial charge in [-0.05, 0) is 55.7 Å². The van der Waals surface area contributed by atoms with Crippen LogP contribution in [0, 0.1) is 20.8 Å². The van der Waals surface area contributed by atoms with Gasteiger partial charge < -0.3 is 5.32 Å². The maximum atomic E-state index is 12.3. The van der Waals surface area contributed by atoms with Crippen molar-refractivity contribution in [2.24, 2.45) is 0 Å². The molecule has 0 aliphatic rings. The molecule has 0 aliphatic carbocycles. The number of nitrogens with one attached hydrogen (secondary N) is 1. The third-order valence-corrected chi connectivity index (χ3v) is 5.65. The first-order chi connectivity index (χ1) is 12.1. The molecule has 0 fully saturated rings. The SMILES string of the molecule is Cc1ccc(C)c(NC(=O)CCN(c2ccc(C)c(Cl)c2)S(C)(=O)=O)c1. The summed E-state index contributed by atoms with van der Waals surface area (Å²) in [5.41, 5.74) is 4.03. The number of anilines is 2. The van der Waals surface area contributed by atoms with Crippen LogP contribution in [0.3, 0.4) is 0 Å². The predicted octanol–water partition coefficient (Wildman–Crippen LogP) is 4.06. The van der Waals surface area contributed by atoms with E-state index in [4.69, 9.17) is 11.6 Å². The Morgan fingerprint density at radius 1 is 1.08 bits per heavy atom. The van der Waals surface area contributed by atoms with Crippen LogP contribution in [0.2, 0.25) is 5.02 Å². The smallest absolute Gasteiger partial charge is 0.232 e. The summed E-state index contributed by atoms with van der Waals surface area (Å²) >= 11 is 6.11. The monoisotopic (exact) mass is 394 g/mol. The minimum Gasteiger partial charge on any atom is -0.326 e. The van der Waals surface area contributed by atoms with Gasteiger partial charge >= 0.3 is 0 Å². The van der Waals surface area contributed by atoms with E-state index >= 15 is 0 Å². The number of hydrogen-bond acceptors (Lipinski definition) is 3. The van der Waals surface area contributed by atoms with Crippen LogP contribution in [0.15, 0.2) is 36.4 Å². The minimum absolute atomic E-state index is 0.0337. The Morgan fingerprint density at radius 2 is 1.73 bits per heavy atom. The highest BCUT2D eigenvalue weighted by molar-refractivity contribution is 7.92. The highest BCUT2D eigenvalue weighted by Crippen LogP contribution is 2.25. The van der Waals surface area contributed by atoms with Gasteiger partial charge in [-0.25, -0.2) is 8.42 Å². The van der Waals surface area contributed by atoms with E-state index in [9.17, 15) is 13.2 Å². The van der Waals surface area contributed by atoms with Gasteiger partial charge in [0.2, 0.25) is 15.9 Å². The molecule has 0 saturated heterocycles. The maximum Gasteiger partial charge on any atom is 0.232 e. The van der Waals surface area contributed by atoms with E-state index in [1.54, 1.807) is 18.2 Å². The van der Waals surface area contributed by atoms with Gasteiger partial charge in [0.25, 0.3) is 0 Å². The molecule has 140 valence electrons. The molecule has 26 heavy (non-hydrogen) atoms. The molecular weight excluding hydrogens is 372 g/mol. The van der Waals surface area contributed by atoms with Crippen molar-refractivity contribution in [2.45, 2.75) is 27.2 Å². The zero-order chi connectivity index (χ0) is 19.5. The zero-order valence-electron chi connectivity index (χ0n) is 15.3. The molecule has 2 aromatic rings. The molecule has 0 bridgehead atoms. The molecular formula is C19H23ClN2O3S. The standard InChI is InChI=1S/C19H23ClN2O3S/c1-13-5-6-15(3)18(11-13)21-19(23)9-10-22(26(4,24)25)16-8-7-14(2)17(20)12-16/h5-8,11-12H,9-10H2,1-4H3,(H,21,23). The first-order valence-corrected chi connectivity index (χ1v) is 10.4. The molecule has 0 heterocycles. The normalized spacial score (nSPS) is 11.3. The fourth-order valence-electron chi connectivity index (χ4n) is 2.51. The second-order valence-electron chi connectivity index (χ2n) is 6.39. The Kier molecular flexibility index (Phi) is 6.31. The Morgan fingerprint density at radius 3 is 2.35 bits per heavy atom. The summed E-state index contributed by atoms with van der Waals surface area (Å²) in [5, 5.41) is 3.33. The van der Waals surface area contributed by atoms with Gasteiger partial charge in [0.05, 0.1) is 11.9 Å². The van der Waals surface area contributed by atoms with Crippen LogP contribution in [0.4, 0.5) is 11.4 Å². The highest BCUT2D eigenvalue weighted by atomic mass is 35.5. The summed E-state index contributed by atoms with van der Waals surface area (Å²) < 4.78 is 25.5. The number of carbonyl (C=O) groups is 1. The van der Waals surface area contributed by atoms with Gasteiger partial charge in [-0.15, -0.1) is 0 Å². The number of aryl methyl sites for hydroxylation is 3. The molecule has 0 aliphatic heterocycles. The summed E-state index contributed by atoms with van der Waals surface area (Å²) in [7, 11) is -3.54. The fourth-order valence-corrected chi connectivity index (χ4v) is 3.60. The molecule has 0 atom stereocenters. The third-order valence-electron chi connectivity index (χ3n) is 4.05. The maximum absolute atomic E-state index is 12.3. The summed E-state index contributed by atoms with van der Waals surface area (Å²) in [6, 6.07) is 10.8. The van der Waals surface area contributed by atoms with Gasteiger partial charge in [0.15, 0.2) is 0 Å². The number of rotatable bonds is 6. The van der Waals surface area contributed by atoms with Gasteiger partial charge in [-0.2, -0.15) is 0 Å². The van der Waals surface area contributed by atoms with Crippen molar-refractivity contribution in [3.8, 4) is 0 Å². The summed E-state index contributed by atoms with van der Waals surface area (Å²) in [6.07, 6.45) is 1.15. The van der Waals surface area contributed by atoms with Crippen LogP contribution in [-0.4, -0.2) is 27.1 Å². The van der Waals surface area contributed by atoms with Gasteiger partial charge in [-0.1, -0.05) is 29.8 Å². The number of benzene rings is 2. The molecule has 0 saturated carbocycles. The number of carbonyl (C=O) groups excluding carboxylic acids is 1. The highest BCUT2D eigenvalue weighted by Gasteiger charge is 2.19. The molecule has 1 amide bonds. The third kappa shape index (κ3) is 5.22. The predicted molar refractivity (Wildman–Crippen MR) is 108 cm³/mol. The summed E-state index contributed by atoms with van der Waals surface area (Å²) in [4.78, 5) is 12.3. The first kappa shape index (κ1) is 20.3. The number of amides is 1. The molecule has 0 spiro atoms. The van der Waals surface area contributed by atoms with E-state index in [0.717, 1.165) is 28.6 Å². The van der Waals surface area contributed by atoms with Crippen molar-refractivity contribution < 1.29 is 13.2 Å². The van der Waals surface area contributed by atoms with Crippen molar-refractivity contribution in [1.29, 1.82) is 0 Å². The Bertz CT molecular complexity index is 926. The van der Waals surface area contributed by atoms with Crippen LogP contribution >= 0.6 is 11.6 Å². The van der Waals surface area contributed by atoms with Gasteiger partial charge in [-0.3, -0.25) is 9.10 Å². The molecule has 1 N–H and O–H groups in total. The van der Waals surface area contributed by atoms with Gasteiger partial charge in [0, 0.05) is 23.7 Å². The van der Waals surface area contributed by atoms with E-state index in [0.29, 0.717) is 10.7 Å². The van der Waals surface area contributed by atoms with Crippen molar-refractivity contribution in [2.75, 3.05) is 22.4 Å². The van der Waals surface area contributed by atoms with Crippen molar-refractivity contribution in [3.63, 3.8) is 0 Å². The van der Waals surface area contributed by atoms with Crippen LogP contribution in [-0.2, 0) is 14.8 Å². The summed E-state index contributed by atoms with van der Waals surface area (Å²) in [5.74, 6) is -0.245. The second kappa shape index (κ2) is 8.10. The Balaban J connectivity index is 2.13. The molecule has 0 unspecified atom stereocenters. The van der Waals surface area contributed by atoms with E-state index < -0.39 is 10.0 Å². The number of hydrogen-bond donors (Lipinski definition) is 1. The molecule has 5 nitrogen and oxygen atoms in total. The first-order valence-electron chi connectivity index (χ1n) is 8.19. The second-order valence-corrected chi connectivity index (χ2v) is 8.70. The van der Waals surface area contributed by atoms with Gasteiger partial charge in [0.1, 0.15) is 0 Å². The Hall–Kier alpha value is -2.05. The average molecular weight is 395 g/mol. The number of sulfonamides is 1. The van der Waals surface area contributed by atoms with E-state index in [1.165, 1.54) is 4.31 Å². The van der Waals surface area contributed by atoms with Crippen LogP contribution < -0.4 is 9.62 Å². The molecule has 2 aromatic carbocycles. The van der Waals surface area contributed by atoms with Crippen molar-refractivity contribution in [3.05, 3.63) is 58.1 Å². The lowest BCUT2D eigenvalue weighted by molar-refractivity contribution is -0.116. The van der Waals surface area contributed by atoms with Crippen molar-refractivity contribution in [1.82, 2.24) is 0 Å². The topological polar surface area (TPSA) is 66.5 Å². The quantitative estimate of drug-likeness (QED) is 0.803. The Labute approximate surface area is 160 Å². The molecule has 0 radical (unpaired) electrons. The molecule has 7 heteroatoms. The zero-order valence-corrected chi connectivity index (χ0v) is 16.9. The van der Waals surface area contributed by atoms with E-state index in [2.05, 4.69) is 5.32 Å². The van der Waals surface area contributed by atoms with Crippen molar-refractivity contribution >= 4 is 38.9 Å². The fraction of sp³-hybridized carbons (Fsp3) is 0.316. The molecule has 2 rings (SSSR count). The van der Waals surface area contributed by atoms with Crippen LogP contribution in [0.25, 0.3) is 0 Å². The van der Waals surface area contributed by atoms with Crippen LogP contribution in [0.1, 0.15) is 23.1 Å². The minimum atomic E-state index is -3.54. The lowest BCUT2D eigenvalue weighted by Gasteiger charge is -2.23. The largest absolute Gasteiger partial charge is 0.326 e. The summed E-state index contributed by atoms with van der Waals surface area (Å²) in [6.45, 7) is 5.73. The average Bonchev–Trinajstić information content (AvgIpc) is 2.53. The number of halogens is 1. The van der Waals surface area contributed by atoms with E-state index in [1.807, 2.05) is 39.0 Å².